The molecule has 0 amide bonds. The van der Waals surface area contributed by atoms with Crippen LogP contribution in [0, 0.1) is 0 Å². The number of phenols is 2. The number of hydrogen-bond acceptors (Lipinski definition) is 6. The van der Waals surface area contributed by atoms with Crippen LogP contribution in [-0.2, 0) is 25.1 Å². The van der Waals surface area contributed by atoms with Crippen LogP contribution in [0.5, 0.6) is 11.5 Å². The molecule has 3 N–H and O–H groups in total. The molecule has 1 unspecified atom stereocenters. The van der Waals surface area contributed by atoms with Gasteiger partial charge in [0.25, 0.3) is 0 Å². The van der Waals surface area contributed by atoms with Crippen molar-refractivity contribution in [3.63, 3.8) is 0 Å². The summed E-state index contributed by atoms with van der Waals surface area (Å²) in [6.45, 7) is 0.213. The Morgan fingerprint density at radius 2 is 1.42 bits per heavy atom. The van der Waals surface area contributed by atoms with Crippen molar-refractivity contribution >= 4 is 16.1 Å². The van der Waals surface area contributed by atoms with Crippen molar-refractivity contribution in [2.45, 2.75) is 36.6 Å². The third-order valence-electron chi connectivity index (χ3n) is 4.94. The lowest BCUT2D eigenvalue weighted by Gasteiger charge is -2.31. The molecule has 0 saturated heterocycles. The van der Waals surface area contributed by atoms with Crippen LogP contribution in [-0.4, -0.2) is 47.2 Å². The van der Waals surface area contributed by atoms with Crippen molar-refractivity contribution in [3.05, 3.63) is 59.7 Å². The normalized spacial score (nSPS) is 13.6. The van der Waals surface area contributed by atoms with Gasteiger partial charge in [0.05, 0.1) is 0 Å². The molecule has 7 nitrogen and oxygen atoms in total. The number of esters is 1. The molecule has 170 valence electrons. The fourth-order valence-electron chi connectivity index (χ4n) is 2.96. The van der Waals surface area contributed by atoms with Gasteiger partial charge in [-0.1, -0.05) is 31.2 Å². The Morgan fingerprint density at radius 1 is 1.00 bits per heavy atom. The van der Waals surface area contributed by atoms with Crippen LogP contribution in [0.4, 0.5) is 13.2 Å². The Hall–Kier alpha value is -2.79. The van der Waals surface area contributed by atoms with Gasteiger partial charge in [-0.25, -0.2) is 4.39 Å². The minimum atomic E-state index is -6.00. The van der Waals surface area contributed by atoms with Crippen molar-refractivity contribution in [2.75, 3.05) is 6.61 Å². The maximum atomic E-state index is 13.5. The van der Waals surface area contributed by atoms with Crippen LogP contribution < -0.4 is 0 Å². The Kier molecular flexibility index (Phi) is 7.22. The largest absolute Gasteiger partial charge is 0.508 e. The molecule has 0 saturated carbocycles. The SMILES string of the molecule is CC(CCC(=O)OCC(F)C(F)(F)S(=O)(=O)O)(c1ccc(O)cc1)c1ccc(O)cc1. The van der Waals surface area contributed by atoms with Crippen LogP contribution >= 0.6 is 0 Å². The molecule has 0 aliphatic heterocycles. The van der Waals surface area contributed by atoms with Gasteiger partial charge in [-0.2, -0.15) is 17.2 Å². The molecule has 2 aromatic carbocycles. The van der Waals surface area contributed by atoms with Gasteiger partial charge < -0.3 is 14.9 Å². The van der Waals surface area contributed by atoms with Crippen LogP contribution in [0.15, 0.2) is 48.5 Å². The number of ether oxygens (including phenoxy) is 1. The Balaban J connectivity index is 2.14. The highest BCUT2D eigenvalue weighted by atomic mass is 32.2. The average molecular weight is 462 g/mol. The second kappa shape index (κ2) is 9.15. The van der Waals surface area contributed by atoms with E-state index in [-0.39, 0.29) is 24.3 Å². The molecule has 0 spiro atoms. The highest BCUT2D eigenvalue weighted by Gasteiger charge is 2.53. The van der Waals surface area contributed by atoms with E-state index in [0.29, 0.717) is 11.1 Å². The van der Waals surface area contributed by atoms with E-state index in [1.165, 1.54) is 24.3 Å². The lowest BCUT2D eigenvalue weighted by Crippen LogP contribution is -2.41. The molecule has 2 aromatic rings. The summed E-state index contributed by atoms with van der Waals surface area (Å²) in [5, 5.41) is 13.9. The third-order valence-corrected chi connectivity index (χ3v) is 5.88. The van der Waals surface area contributed by atoms with Crippen molar-refractivity contribution in [3.8, 4) is 11.5 Å². The topological polar surface area (TPSA) is 121 Å². The molecule has 2 rings (SSSR count). The summed E-state index contributed by atoms with van der Waals surface area (Å²) >= 11 is 0. The summed E-state index contributed by atoms with van der Waals surface area (Å²) < 4.78 is 73.9. The quantitative estimate of drug-likeness (QED) is 0.385. The number of phenolic OH excluding ortho intramolecular Hbond substituents is 2. The number of carbonyl (C=O) groups is 1. The number of aromatic hydroxyl groups is 2. The molecule has 0 aliphatic rings. The summed E-state index contributed by atoms with van der Waals surface area (Å²) in [6, 6.07) is 12.3. The number of rotatable bonds is 9. The molecule has 11 heteroatoms. The number of alkyl halides is 3. The third kappa shape index (κ3) is 5.67. The lowest BCUT2D eigenvalue weighted by atomic mass is 9.73. The molecular weight excluding hydrogens is 441 g/mol. The van der Waals surface area contributed by atoms with E-state index in [9.17, 15) is 36.6 Å². The second-order valence-corrected chi connectivity index (χ2v) is 8.61. The molecule has 0 aliphatic carbocycles. The first kappa shape index (κ1) is 24.5. The maximum Gasteiger partial charge on any atom is 0.403 e. The van der Waals surface area contributed by atoms with Crippen molar-refractivity contribution in [2.24, 2.45) is 0 Å². The second-order valence-electron chi connectivity index (χ2n) is 7.11. The smallest absolute Gasteiger partial charge is 0.403 e. The van der Waals surface area contributed by atoms with Crippen LogP contribution in [0.25, 0.3) is 0 Å². The highest BCUT2D eigenvalue weighted by molar-refractivity contribution is 7.86. The number of carbonyl (C=O) groups excluding carboxylic acids is 1. The number of hydrogen-bond donors (Lipinski definition) is 3. The zero-order chi connectivity index (χ0) is 23.4. The van der Waals surface area contributed by atoms with Crippen molar-refractivity contribution < 1.29 is 45.9 Å². The molecule has 0 bridgehead atoms. The Morgan fingerprint density at radius 3 is 1.81 bits per heavy atom. The Bertz CT molecular complexity index is 961. The Labute approximate surface area is 176 Å². The summed E-state index contributed by atoms with van der Waals surface area (Å²) in [5.74, 6) is -1.02. The summed E-state index contributed by atoms with van der Waals surface area (Å²) in [4.78, 5) is 12.0. The summed E-state index contributed by atoms with van der Waals surface area (Å²) in [5.41, 5.74) is 0.531. The molecule has 1 atom stereocenters. The van der Waals surface area contributed by atoms with Crippen LogP contribution in [0.3, 0.4) is 0 Å². The van der Waals surface area contributed by atoms with E-state index < -0.39 is 39.5 Å². The van der Waals surface area contributed by atoms with E-state index in [4.69, 9.17) is 4.55 Å². The minimum Gasteiger partial charge on any atom is -0.508 e. The van der Waals surface area contributed by atoms with Gasteiger partial charge in [0.15, 0.2) is 0 Å². The maximum absolute atomic E-state index is 13.5. The van der Waals surface area contributed by atoms with Crippen LogP contribution in [0.2, 0.25) is 0 Å². The average Bonchev–Trinajstić information content (AvgIpc) is 2.70. The first-order chi connectivity index (χ1) is 14.3. The fourth-order valence-corrected chi connectivity index (χ4v) is 3.35. The zero-order valence-corrected chi connectivity index (χ0v) is 17.2. The highest BCUT2D eigenvalue weighted by Crippen LogP contribution is 2.38. The van der Waals surface area contributed by atoms with Gasteiger partial charge >= 0.3 is 21.3 Å². The molecule has 31 heavy (non-hydrogen) atoms. The van der Waals surface area contributed by atoms with Crippen molar-refractivity contribution in [1.29, 1.82) is 0 Å². The molecule has 0 radical (unpaired) electrons. The van der Waals surface area contributed by atoms with E-state index >= 15 is 0 Å². The van der Waals surface area contributed by atoms with Gasteiger partial charge in [0.1, 0.15) is 18.1 Å². The monoisotopic (exact) mass is 462 g/mol. The first-order valence-corrected chi connectivity index (χ1v) is 10.4. The zero-order valence-electron chi connectivity index (χ0n) is 16.3. The van der Waals surface area contributed by atoms with E-state index in [2.05, 4.69) is 4.74 Å². The molecular formula is C20H21F3O7S. The predicted molar refractivity (Wildman–Crippen MR) is 104 cm³/mol. The van der Waals surface area contributed by atoms with E-state index in [1.54, 1.807) is 31.2 Å². The summed E-state index contributed by atoms with van der Waals surface area (Å²) in [6.07, 6.45) is -3.71. The molecule has 0 fully saturated rings. The van der Waals surface area contributed by atoms with Gasteiger partial charge in [-0.15, -0.1) is 0 Å². The lowest BCUT2D eigenvalue weighted by molar-refractivity contribution is -0.148. The minimum absolute atomic E-state index is 0.0185. The van der Waals surface area contributed by atoms with Crippen molar-refractivity contribution in [1.82, 2.24) is 0 Å². The summed E-state index contributed by atoms with van der Waals surface area (Å²) in [7, 11) is -6.00. The van der Waals surface area contributed by atoms with Gasteiger partial charge in [0.2, 0.25) is 6.17 Å². The standard InChI is InChI=1S/C20H21F3O7S/c1-19(13-2-6-15(24)7-3-13,14-4-8-16(25)9-5-14)11-10-18(26)30-12-17(21)20(22,23)31(27,28)29/h2-9,17,24-25H,10-12H2,1H3,(H,27,28,29). The number of halogens is 3. The number of benzene rings is 2. The first-order valence-electron chi connectivity index (χ1n) is 9.01. The predicted octanol–water partition coefficient (Wildman–Crippen LogP) is 3.55. The van der Waals surface area contributed by atoms with Gasteiger partial charge in [-0.05, 0) is 41.8 Å². The van der Waals surface area contributed by atoms with Gasteiger partial charge in [0, 0.05) is 11.8 Å². The van der Waals surface area contributed by atoms with Gasteiger partial charge in [-0.3, -0.25) is 9.35 Å². The fraction of sp³-hybridized carbons (Fsp3) is 0.350. The van der Waals surface area contributed by atoms with E-state index in [1.807, 2.05) is 0 Å². The molecule has 0 heterocycles. The molecule has 0 aromatic heterocycles. The van der Waals surface area contributed by atoms with Crippen LogP contribution in [0.1, 0.15) is 30.9 Å². The van der Waals surface area contributed by atoms with E-state index in [0.717, 1.165) is 0 Å².